The number of aryl methyl sites for hydroxylation is 1. The van der Waals surface area contributed by atoms with E-state index in [2.05, 4.69) is 31.4 Å². The number of nitrogens with one attached hydrogen (secondary N) is 1. The fourth-order valence-corrected chi connectivity index (χ4v) is 3.44. The number of hydrogen-bond acceptors (Lipinski definition) is 4. The van der Waals surface area contributed by atoms with Crippen LogP contribution in [-0.4, -0.2) is 25.3 Å². The van der Waals surface area contributed by atoms with Crippen LogP contribution in [0.1, 0.15) is 24.1 Å². The average Bonchev–Trinajstić information content (AvgIpc) is 3.16. The minimum absolute atomic E-state index is 0.162. The van der Waals surface area contributed by atoms with Crippen molar-refractivity contribution < 1.29 is 4.79 Å². The predicted molar refractivity (Wildman–Crippen MR) is 118 cm³/mol. The monoisotopic (exact) mass is 465 g/mol. The summed E-state index contributed by atoms with van der Waals surface area (Å²) in [6.07, 6.45) is 1.44. The lowest BCUT2D eigenvalue weighted by Gasteiger charge is -2.15. The van der Waals surface area contributed by atoms with Gasteiger partial charge in [-0.05, 0) is 37.6 Å². The number of carbonyl (C=O) groups is 1. The Balaban J connectivity index is 1.53. The second-order valence-electron chi connectivity index (χ2n) is 7.16. The minimum Gasteiger partial charge on any atom is -0.348 e. The van der Waals surface area contributed by atoms with Crippen LogP contribution in [-0.2, 0) is 11.3 Å². The van der Waals surface area contributed by atoms with Gasteiger partial charge in [-0.15, -0.1) is 0 Å². The number of nitrogens with zero attached hydrogens (tertiary/aromatic N) is 4. The van der Waals surface area contributed by atoms with Gasteiger partial charge in [0.2, 0.25) is 5.91 Å². The summed E-state index contributed by atoms with van der Waals surface area (Å²) in [7, 11) is 0. The Morgan fingerprint density at radius 1 is 1.13 bits per heavy atom. The van der Waals surface area contributed by atoms with Crippen LogP contribution in [0.4, 0.5) is 0 Å². The Morgan fingerprint density at radius 2 is 1.83 bits per heavy atom. The van der Waals surface area contributed by atoms with Crippen molar-refractivity contribution in [2.45, 2.75) is 26.4 Å². The van der Waals surface area contributed by atoms with Gasteiger partial charge in [-0.25, -0.2) is 9.20 Å². The number of fused-ring (bicyclic) bond motifs is 1. The first-order chi connectivity index (χ1) is 14.4. The van der Waals surface area contributed by atoms with Crippen molar-refractivity contribution in [2.75, 3.05) is 0 Å². The van der Waals surface area contributed by atoms with Gasteiger partial charge in [0.05, 0.1) is 11.7 Å². The molecule has 152 valence electrons. The molecule has 1 amide bonds. The lowest BCUT2D eigenvalue weighted by atomic mass is 10.1. The molecule has 1 N–H and O–H groups in total. The zero-order valence-corrected chi connectivity index (χ0v) is 18.1. The first kappa shape index (κ1) is 20.0. The van der Waals surface area contributed by atoms with Crippen LogP contribution in [0.2, 0.25) is 0 Å². The van der Waals surface area contributed by atoms with E-state index < -0.39 is 0 Å². The fraction of sp³-hybridized carbons (Fsp3) is 0.182. The normalized spacial score (nSPS) is 12.1. The molecule has 0 aliphatic heterocycles. The molecule has 0 bridgehead atoms. The third kappa shape index (κ3) is 4.18. The Labute approximate surface area is 181 Å². The minimum atomic E-state index is -0.369. The summed E-state index contributed by atoms with van der Waals surface area (Å²) in [5, 5.41) is 11.4. The molecule has 0 aliphatic rings. The summed E-state index contributed by atoms with van der Waals surface area (Å²) in [5.41, 5.74) is 3.70. The van der Waals surface area contributed by atoms with Crippen molar-refractivity contribution in [1.29, 1.82) is 0 Å². The Morgan fingerprint density at radius 3 is 2.53 bits per heavy atom. The molecule has 0 saturated carbocycles. The van der Waals surface area contributed by atoms with Gasteiger partial charge in [0.25, 0.3) is 5.56 Å². The fourth-order valence-electron chi connectivity index (χ4n) is 3.17. The first-order valence-corrected chi connectivity index (χ1v) is 10.3. The molecule has 4 rings (SSSR count). The molecule has 0 saturated heterocycles. The molecule has 30 heavy (non-hydrogen) atoms. The van der Waals surface area contributed by atoms with Crippen LogP contribution >= 0.6 is 15.9 Å². The quantitative estimate of drug-likeness (QED) is 0.488. The second kappa shape index (κ2) is 8.23. The highest BCUT2D eigenvalue weighted by atomic mass is 79.9. The number of hydrogen-bond donors (Lipinski definition) is 1. The molecule has 2 aromatic carbocycles. The number of aromatic nitrogens is 4. The van der Waals surface area contributed by atoms with Crippen molar-refractivity contribution in [3.8, 4) is 11.3 Å². The number of halogens is 1. The standard InChI is InChI=1S/C22H20BrN5O2/c1-14-3-5-16(6-4-14)15(2)25-21(29)12-27-22(30)20-11-19(26-28(20)13-24-27)17-7-9-18(23)10-8-17/h3-11,13,15H,12H2,1-2H3,(H,25,29)/t15-/m0/s1. The summed E-state index contributed by atoms with van der Waals surface area (Å²) >= 11 is 3.40. The van der Waals surface area contributed by atoms with E-state index in [9.17, 15) is 9.59 Å². The SMILES string of the molecule is Cc1ccc([C@H](C)NC(=O)Cn2ncn3nc(-c4ccc(Br)cc4)cc3c2=O)cc1. The Kier molecular flexibility index (Phi) is 5.50. The van der Waals surface area contributed by atoms with Crippen LogP contribution < -0.4 is 10.9 Å². The maximum atomic E-state index is 12.8. The molecule has 1 atom stereocenters. The van der Waals surface area contributed by atoms with Crippen LogP contribution in [0, 0.1) is 6.92 Å². The van der Waals surface area contributed by atoms with Gasteiger partial charge in [0.1, 0.15) is 18.4 Å². The zero-order chi connectivity index (χ0) is 21.3. The van der Waals surface area contributed by atoms with Crippen molar-refractivity contribution in [3.63, 3.8) is 0 Å². The van der Waals surface area contributed by atoms with Crippen LogP contribution in [0.25, 0.3) is 16.8 Å². The molecule has 7 nitrogen and oxygen atoms in total. The highest BCUT2D eigenvalue weighted by Crippen LogP contribution is 2.21. The van der Waals surface area contributed by atoms with Crippen molar-refractivity contribution in [2.24, 2.45) is 0 Å². The van der Waals surface area contributed by atoms with Crippen molar-refractivity contribution in [1.82, 2.24) is 24.7 Å². The van der Waals surface area contributed by atoms with E-state index in [4.69, 9.17) is 0 Å². The van der Waals surface area contributed by atoms with E-state index in [0.717, 1.165) is 25.8 Å². The van der Waals surface area contributed by atoms with Crippen LogP contribution in [0.5, 0.6) is 0 Å². The maximum absolute atomic E-state index is 12.8. The van der Waals surface area contributed by atoms with Crippen LogP contribution in [0.15, 0.2) is 70.2 Å². The first-order valence-electron chi connectivity index (χ1n) is 9.48. The second-order valence-corrected chi connectivity index (χ2v) is 8.08. The molecule has 0 fully saturated rings. The topological polar surface area (TPSA) is 81.3 Å². The van der Waals surface area contributed by atoms with Gasteiger partial charge < -0.3 is 5.32 Å². The maximum Gasteiger partial charge on any atom is 0.293 e. The molecule has 0 unspecified atom stereocenters. The van der Waals surface area contributed by atoms with E-state index in [1.165, 1.54) is 10.8 Å². The lowest BCUT2D eigenvalue weighted by molar-refractivity contribution is -0.122. The molecular formula is C22H20BrN5O2. The van der Waals surface area contributed by atoms with Gasteiger partial charge in [0, 0.05) is 10.0 Å². The molecule has 8 heteroatoms. The van der Waals surface area contributed by atoms with Gasteiger partial charge in [-0.2, -0.15) is 10.2 Å². The number of amides is 1. The zero-order valence-electron chi connectivity index (χ0n) is 16.5. The molecule has 0 radical (unpaired) electrons. The van der Waals surface area contributed by atoms with E-state index in [-0.39, 0.29) is 24.1 Å². The van der Waals surface area contributed by atoms with Gasteiger partial charge in [0.15, 0.2) is 0 Å². The number of rotatable bonds is 5. The molecular weight excluding hydrogens is 446 g/mol. The summed E-state index contributed by atoms with van der Waals surface area (Å²) in [5.74, 6) is -0.283. The van der Waals surface area contributed by atoms with Gasteiger partial charge >= 0.3 is 0 Å². The van der Waals surface area contributed by atoms with Gasteiger partial charge in [-0.3, -0.25) is 9.59 Å². The molecule has 0 spiro atoms. The van der Waals surface area contributed by atoms with Crippen molar-refractivity contribution in [3.05, 3.63) is 86.9 Å². The third-order valence-corrected chi connectivity index (χ3v) is 5.41. The number of carbonyl (C=O) groups excluding carboxylic acids is 1. The van der Waals surface area contributed by atoms with Crippen LogP contribution in [0.3, 0.4) is 0 Å². The number of benzene rings is 2. The summed E-state index contributed by atoms with van der Waals surface area (Å²) in [6, 6.07) is 17.1. The van der Waals surface area contributed by atoms with E-state index >= 15 is 0 Å². The molecule has 4 aromatic rings. The smallest absolute Gasteiger partial charge is 0.293 e. The largest absolute Gasteiger partial charge is 0.348 e. The summed E-state index contributed by atoms with van der Waals surface area (Å²) < 4.78 is 3.55. The predicted octanol–water partition coefficient (Wildman–Crippen LogP) is 3.51. The Bertz CT molecular complexity index is 1260. The highest BCUT2D eigenvalue weighted by Gasteiger charge is 2.14. The summed E-state index contributed by atoms with van der Waals surface area (Å²) in [4.78, 5) is 25.3. The van der Waals surface area contributed by atoms with E-state index in [0.29, 0.717) is 11.2 Å². The summed E-state index contributed by atoms with van der Waals surface area (Å²) in [6.45, 7) is 3.76. The Hall–Kier alpha value is -3.26. The molecule has 2 heterocycles. The lowest BCUT2D eigenvalue weighted by Crippen LogP contribution is -2.35. The highest BCUT2D eigenvalue weighted by molar-refractivity contribution is 9.10. The van der Waals surface area contributed by atoms with E-state index in [1.54, 1.807) is 6.07 Å². The van der Waals surface area contributed by atoms with Crippen molar-refractivity contribution >= 4 is 27.4 Å². The molecule has 0 aliphatic carbocycles. The van der Waals surface area contributed by atoms with E-state index in [1.807, 2.05) is 62.4 Å². The van der Waals surface area contributed by atoms with Gasteiger partial charge in [-0.1, -0.05) is 57.9 Å². The molecule has 2 aromatic heterocycles. The third-order valence-electron chi connectivity index (χ3n) is 4.88. The average molecular weight is 466 g/mol.